The third-order valence-electron chi connectivity index (χ3n) is 1.73. The van der Waals surface area contributed by atoms with Crippen molar-refractivity contribution in [3.05, 3.63) is 35.0 Å². The van der Waals surface area contributed by atoms with E-state index in [2.05, 4.69) is 0 Å². The fourth-order valence-corrected chi connectivity index (χ4v) is 2.15. The zero-order chi connectivity index (χ0) is 11.8. The topological polar surface area (TPSA) is 0 Å². The Labute approximate surface area is 95.8 Å². The van der Waals surface area contributed by atoms with E-state index in [0.29, 0.717) is 0 Å². The average Bonchev–Trinajstić information content (AvgIpc) is 2.68. The van der Waals surface area contributed by atoms with E-state index in [4.69, 9.17) is 0 Å². The van der Waals surface area contributed by atoms with Gasteiger partial charge in [-0.1, -0.05) is 33.8 Å². The van der Waals surface area contributed by atoms with Crippen molar-refractivity contribution < 1.29 is 4.39 Å². The van der Waals surface area contributed by atoms with Crippen LogP contribution in [0.1, 0.15) is 33.3 Å². The van der Waals surface area contributed by atoms with Crippen LogP contribution in [0, 0.1) is 12.7 Å². The van der Waals surface area contributed by atoms with E-state index in [1.807, 2.05) is 46.1 Å². The molecule has 0 aliphatic carbocycles. The molecule has 0 nitrogen and oxygen atoms in total. The highest BCUT2D eigenvalue weighted by molar-refractivity contribution is 7.17. The first-order valence-electron chi connectivity index (χ1n) is 5.41. The van der Waals surface area contributed by atoms with Crippen LogP contribution in [0.25, 0.3) is 10.1 Å². The van der Waals surface area contributed by atoms with E-state index in [0.717, 1.165) is 15.6 Å². The summed E-state index contributed by atoms with van der Waals surface area (Å²) < 4.78 is 14.1. The molecule has 0 unspecified atom stereocenters. The Morgan fingerprint density at radius 3 is 2.20 bits per heavy atom. The number of aryl methyl sites for hydroxylation is 1. The number of rotatable bonds is 0. The summed E-state index contributed by atoms with van der Waals surface area (Å²) in [6.07, 6.45) is 0. The summed E-state index contributed by atoms with van der Waals surface area (Å²) in [5.41, 5.74) is 1.03. The van der Waals surface area contributed by atoms with Gasteiger partial charge < -0.3 is 0 Å². The van der Waals surface area contributed by atoms with Gasteiger partial charge in [0.1, 0.15) is 5.82 Å². The van der Waals surface area contributed by atoms with Gasteiger partial charge in [-0.05, 0) is 30.0 Å². The van der Waals surface area contributed by atoms with Crippen molar-refractivity contribution in [2.45, 2.75) is 34.6 Å². The summed E-state index contributed by atoms with van der Waals surface area (Å²) in [6.45, 7) is 9.93. The van der Waals surface area contributed by atoms with Crippen molar-refractivity contribution in [2.75, 3.05) is 0 Å². The quantitative estimate of drug-likeness (QED) is 0.564. The molecule has 15 heavy (non-hydrogen) atoms. The smallest absolute Gasteiger partial charge is 0.132 e. The van der Waals surface area contributed by atoms with Crippen LogP contribution in [0.2, 0.25) is 0 Å². The molecule has 0 spiro atoms. The van der Waals surface area contributed by atoms with Crippen LogP contribution in [-0.2, 0) is 0 Å². The van der Waals surface area contributed by atoms with Crippen molar-refractivity contribution in [3.63, 3.8) is 0 Å². The number of benzene rings is 1. The molecule has 1 aromatic carbocycles. The second-order valence-corrected chi connectivity index (χ2v) is 3.44. The van der Waals surface area contributed by atoms with Gasteiger partial charge in [-0.15, -0.1) is 11.3 Å². The molecule has 0 fully saturated rings. The third kappa shape index (κ3) is 3.31. The molecule has 0 amide bonds. The Hall–Kier alpha value is -0.890. The minimum Gasteiger partial charge on any atom is -0.206 e. The van der Waals surface area contributed by atoms with Gasteiger partial charge in [-0.25, -0.2) is 4.39 Å². The standard InChI is InChI=1S/C9H7FS.2C2H6/c1-6-5-11-8-4-2-3-7(10)9(6)8;2*1-2/h2-5H,1H3;2*1-2H3. The van der Waals surface area contributed by atoms with Crippen LogP contribution in [-0.4, -0.2) is 0 Å². The Bertz CT molecular complexity index is 390. The molecule has 0 saturated heterocycles. The zero-order valence-corrected chi connectivity index (χ0v) is 10.9. The van der Waals surface area contributed by atoms with Gasteiger partial charge >= 0.3 is 0 Å². The molecule has 2 aromatic rings. The van der Waals surface area contributed by atoms with Gasteiger partial charge in [0, 0.05) is 10.1 Å². The summed E-state index contributed by atoms with van der Waals surface area (Å²) in [5.74, 6) is -0.110. The van der Waals surface area contributed by atoms with Gasteiger partial charge in [-0.2, -0.15) is 0 Å². The molecular formula is C13H19FS. The lowest BCUT2D eigenvalue weighted by Crippen LogP contribution is -1.74. The lowest BCUT2D eigenvalue weighted by Gasteiger charge is -1.91. The molecule has 0 N–H and O–H groups in total. The van der Waals surface area contributed by atoms with Gasteiger partial charge in [0.25, 0.3) is 0 Å². The minimum absolute atomic E-state index is 0.110. The molecule has 84 valence electrons. The third-order valence-corrected chi connectivity index (χ3v) is 2.80. The molecule has 1 aromatic heterocycles. The first-order valence-corrected chi connectivity index (χ1v) is 6.29. The highest BCUT2D eigenvalue weighted by atomic mass is 32.1. The molecule has 1 heterocycles. The Morgan fingerprint density at radius 2 is 1.67 bits per heavy atom. The fourth-order valence-electron chi connectivity index (χ4n) is 1.20. The molecule has 0 radical (unpaired) electrons. The highest BCUT2D eigenvalue weighted by Crippen LogP contribution is 2.26. The minimum atomic E-state index is -0.110. The first kappa shape index (κ1) is 14.1. The number of thiophene rings is 1. The van der Waals surface area contributed by atoms with Crippen molar-refractivity contribution in [2.24, 2.45) is 0 Å². The fraction of sp³-hybridized carbons (Fsp3) is 0.385. The van der Waals surface area contributed by atoms with Gasteiger partial charge in [0.05, 0.1) is 0 Å². The highest BCUT2D eigenvalue weighted by Gasteiger charge is 2.03. The predicted octanol–water partition coefficient (Wildman–Crippen LogP) is 5.40. The molecule has 0 atom stereocenters. The van der Waals surface area contributed by atoms with Crippen LogP contribution in [0.5, 0.6) is 0 Å². The molecule has 0 aliphatic heterocycles. The van der Waals surface area contributed by atoms with Crippen LogP contribution in [0.3, 0.4) is 0 Å². The molecule has 0 aliphatic rings. The van der Waals surface area contributed by atoms with Crippen molar-refractivity contribution in [1.82, 2.24) is 0 Å². The summed E-state index contributed by atoms with van der Waals surface area (Å²) in [7, 11) is 0. The zero-order valence-electron chi connectivity index (χ0n) is 10.1. The maximum absolute atomic E-state index is 13.1. The van der Waals surface area contributed by atoms with Crippen molar-refractivity contribution in [3.8, 4) is 0 Å². The summed E-state index contributed by atoms with van der Waals surface area (Å²) >= 11 is 1.59. The molecule has 0 bridgehead atoms. The van der Waals surface area contributed by atoms with Crippen LogP contribution < -0.4 is 0 Å². The van der Waals surface area contributed by atoms with E-state index in [1.165, 1.54) is 6.07 Å². The summed E-state index contributed by atoms with van der Waals surface area (Å²) in [4.78, 5) is 0. The van der Waals surface area contributed by atoms with Crippen molar-refractivity contribution >= 4 is 21.4 Å². The number of hydrogen-bond acceptors (Lipinski definition) is 1. The normalized spacial score (nSPS) is 8.67. The summed E-state index contributed by atoms with van der Waals surface area (Å²) in [5, 5.41) is 2.76. The Kier molecular flexibility index (Phi) is 6.97. The van der Waals surface area contributed by atoms with E-state index in [1.54, 1.807) is 17.4 Å². The lowest BCUT2D eigenvalue weighted by atomic mass is 10.2. The van der Waals surface area contributed by atoms with Crippen LogP contribution >= 0.6 is 11.3 Å². The SMILES string of the molecule is CC.CC.Cc1csc2cccc(F)c12. The lowest BCUT2D eigenvalue weighted by molar-refractivity contribution is 0.639. The monoisotopic (exact) mass is 226 g/mol. The molecule has 0 saturated carbocycles. The van der Waals surface area contributed by atoms with Crippen LogP contribution in [0.15, 0.2) is 23.6 Å². The van der Waals surface area contributed by atoms with E-state index in [-0.39, 0.29) is 5.82 Å². The Morgan fingerprint density at radius 1 is 1.07 bits per heavy atom. The maximum atomic E-state index is 13.1. The van der Waals surface area contributed by atoms with Crippen molar-refractivity contribution in [1.29, 1.82) is 0 Å². The average molecular weight is 226 g/mol. The predicted molar refractivity (Wildman–Crippen MR) is 69.2 cm³/mol. The van der Waals surface area contributed by atoms with E-state index < -0.39 is 0 Å². The number of hydrogen-bond donors (Lipinski definition) is 0. The van der Waals surface area contributed by atoms with Gasteiger partial charge in [-0.3, -0.25) is 0 Å². The summed E-state index contributed by atoms with van der Waals surface area (Å²) in [6, 6.07) is 5.19. The van der Waals surface area contributed by atoms with Gasteiger partial charge in [0.2, 0.25) is 0 Å². The molecular weight excluding hydrogens is 207 g/mol. The van der Waals surface area contributed by atoms with E-state index >= 15 is 0 Å². The second-order valence-electron chi connectivity index (χ2n) is 2.53. The van der Waals surface area contributed by atoms with E-state index in [9.17, 15) is 4.39 Å². The van der Waals surface area contributed by atoms with Crippen LogP contribution in [0.4, 0.5) is 4.39 Å². The number of fused-ring (bicyclic) bond motifs is 1. The first-order chi connectivity index (χ1) is 7.29. The molecule has 2 heteroatoms. The second kappa shape index (κ2) is 7.41. The number of halogens is 1. The van der Waals surface area contributed by atoms with Gasteiger partial charge in [0.15, 0.2) is 0 Å². The maximum Gasteiger partial charge on any atom is 0.132 e. The largest absolute Gasteiger partial charge is 0.206 e. The Balaban J connectivity index is 0.000000442. The molecule has 2 rings (SSSR count).